The van der Waals surface area contributed by atoms with Crippen LogP contribution in [-0.2, 0) is 20.9 Å². The van der Waals surface area contributed by atoms with Crippen molar-refractivity contribution in [2.24, 2.45) is 0 Å². The zero-order valence-electron chi connectivity index (χ0n) is 17.6. The summed E-state index contributed by atoms with van der Waals surface area (Å²) in [5.41, 5.74) is 2.33. The van der Waals surface area contributed by atoms with Crippen LogP contribution in [-0.4, -0.2) is 36.2 Å². The molecule has 4 heteroatoms. The lowest BCUT2D eigenvalue weighted by Crippen LogP contribution is -2.50. The van der Waals surface area contributed by atoms with Crippen LogP contribution in [0, 0.1) is 0 Å². The predicted molar refractivity (Wildman–Crippen MR) is 115 cm³/mol. The van der Waals surface area contributed by atoms with Gasteiger partial charge in [-0.05, 0) is 30.9 Å². The van der Waals surface area contributed by atoms with E-state index in [1.54, 1.807) is 6.92 Å². The first-order valence-corrected chi connectivity index (χ1v) is 10.7. The first kappa shape index (κ1) is 21.5. The molecular weight excluding hydrogens is 362 g/mol. The summed E-state index contributed by atoms with van der Waals surface area (Å²) in [4.78, 5) is 14.6. The van der Waals surface area contributed by atoms with E-state index in [1.807, 2.05) is 41.3 Å². The maximum atomic E-state index is 12.6. The number of hydrogen-bond donors (Lipinski definition) is 0. The molecule has 0 heterocycles. The van der Waals surface area contributed by atoms with Crippen LogP contribution in [0.1, 0.15) is 56.7 Å². The minimum absolute atomic E-state index is 0.0391. The van der Waals surface area contributed by atoms with Crippen LogP contribution >= 0.6 is 0 Å². The van der Waals surface area contributed by atoms with Crippen molar-refractivity contribution >= 4 is 5.91 Å². The summed E-state index contributed by atoms with van der Waals surface area (Å²) < 4.78 is 12.0. The van der Waals surface area contributed by atoms with Crippen molar-refractivity contribution in [3.05, 3.63) is 71.8 Å². The molecule has 3 rings (SSSR count). The summed E-state index contributed by atoms with van der Waals surface area (Å²) in [5, 5.41) is 0. The molecule has 29 heavy (non-hydrogen) atoms. The predicted octanol–water partition coefficient (Wildman–Crippen LogP) is 5.14. The molecule has 0 spiro atoms. The lowest BCUT2D eigenvalue weighted by atomic mass is 9.89. The third-order valence-electron chi connectivity index (χ3n) is 5.76. The van der Waals surface area contributed by atoms with Gasteiger partial charge in [-0.1, -0.05) is 73.5 Å². The largest absolute Gasteiger partial charge is 0.374 e. The van der Waals surface area contributed by atoms with Crippen molar-refractivity contribution < 1.29 is 14.3 Å². The topological polar surface area (TPSA) is 38.8 Å². The highest BCUT2D eigenvalue weighted by molar-refractivity contribution is 5.74. The van der Waals surface area contributed by atoms with Crippen LogP contribution < -0.4 is 0 Å². The minimum atomic E-state index is 0.0391. The number of carbonyl (C=O) groups is 1. The molecule has 0 N–H and O–H groups in total. The van der Waals surface area contributed by atoms with E-state index >= 15 is 0 Å². The van der Waals surface area contributed by atoms with Crippen molar-refractivity contribution in [1.29, 1.82) is 0 Å². The average molecular weight is 396 g/mol. The van der Waals surface area contributed by atoms with Crippen molar-refractivity contribution in [2.75, 3.05) is 13.2 Å². The van der Waals surface area contributed by atoms with Gasteiger partial charge in [-0.15, -0.1) is 0 Å². The fraction of sp³-hybridized carbons (Fsp3) is 0.480. The van der Waals surface area contributed by atoms with Gasteiger partial charge < -0.3 is 14.4 Å². The summed E-state index contributed by atoms with van der Waals surface area (Å²) in [6.07, 6.45) is 4.35. The average Bonchev–Trinajstić information content (AvgIpc) is 2.75. The summed E-state index contributed by atoms with van der Waals surface area (Å²) in [5.74, 6) is 0.113. The Morgan fingerprint density at radius 2 is 1.66 bits per heavy atom. The summed E-state index contributed by atoms with van der Waals surface area (Å²) >= 11 is 0. The number of rotatable bonds is 9. The van der Waals surface area contributed by atoms with Gasteiger partial charge in [0.25, 0.3) is 0 Å². The molecule has 4 nitrogen and oxygen atoms in total. The Morgan fingerprint density at radius 1 is 1.00 bits per heavy atom. The molecule has 0 saturated heterocycles. The number of nitrogens with zero attached hydrogens (tertiary/aromatic N) is 1. The van der Waals surface area contributed by atoms with Crippen molar-refractivity contribution in [1.82, 2.24) is 4.90 Å². The van der Waals surface area contributed by atoms with Crippen LogP contribution in [0.25, 0.3) is 0 Å². The van der Waals surface area contributed by atoms with Gasteiger partial charge in [0.2, 0.25) is 5.91 Å². The number of hydrogen-bond acceptors (Lipinski definition) is 3. The molecule has 2 aromatic carbocycles. The van der Waals surface area contributed by atoms with Gasteiger partial charge in [0, 0.05) is 6.92 Å². The van der Waals surface area contributed by atoms with Crippen LogP contribution in [0.15, 0.2) is 60.7 Å². The van der Waals surface area contributed by atoms with Gasteiger partial charge in [-0.2, -0.15) is 0 Å². The van der Waals surface area contributed by atoms with Crippen LogP contribution in [0.5, 0.6) is 0 Å². The third-order valence-corrected chi connectivity index (χ3v) is 5.76. The van der Waals surface area contributed by atoms with Gasteiger partial charge in [0.05, 0.1) is 38.0 Å². The molecule has 2 aromatic rings. The molecule has 0 aliphatic heterocycles. The van der Waals surface area contributed by atoms with Crippen LogP contribution in [0.4, 0.5) is 0 Å². The maximum absolute atomic E-state index is 12.6. The monoisotopic (exact) mass is 395 g/mol. The smallest absolute Gasteiger partial charge is 0.220 e. The molecular formula is C25H33NO3. The molecule has 156 valence electrons. The lowest BCUT2D eigenvalue weighted by Gasteiger charge is -2.42. The second-order valence-corrected chi connectivity index (χ2v) is 7.81. The van der Waals surface area contributed by atoms with Crippen molar-refractivity contribution in [2.45, 2.75) is 64.3 Å². The van der Waals surface area contributed by atoms with E-state index in [2.05, 4.69) is 31.2 Å². The summed E-state index contributed by atoms with van der Waals surface area (Å²) in [6.45, 7) is 5.51. The second kappa shape index (κ2) is 11.1. The van der Waals surface area contributed by atoms with Gasteiger partial charge in [0.1, 0.15) is 0 Å². The number of carbonyl (C=O) groups excluding carboxylic acids is 1. The van der Waals surface area contributed by atoms with E-state index in [-0.39, 0.29) is 24.1 Å². The highest BCUT2D eigenvalue weighted by Gasteiger charge is 2.35. The van der Waals surface area contributed by atoms with Crippen molar-refractivity contribution in [3.8, 4) is 0 Å². The molecule has 1 aliphatic rings. The fourth-order valence-corrected chi connectivity index (χ4v) is 4.30. The molecule has 0 bridgehead atoms. The van der Waals surface area contributed by atoms with E-state index in [1.165, 1.54) is 11.1 Å². The number of amides is 1. The number of benzene rings is 2. The zero-order valence-corrected chi connectivity index (χ0v) is 17.6. The van der Waals surface area contributed by atoms with Crippen molar-refractivity contribution in [3.63, 3.8) is 0 Å². The molecule has 1 fully saturated rings. The third kappa shape index (κ3) is 6.15. The maximum Gasteiger partial charge on any atom is 0.220 e. The SMILES string of the molecule is CC(=O)N([C@@H]1CCCC[C@H]1OCCOCc1ccccc1)[C@@H](C)c1ccccc1. The Bertz CT molecular complexity index is 734. The Kier molecular flexibility index (Phi) is 8.26. The molecule has 0 aromatic heterocycles. The summed E-state index contributed by atoms with van der Waals surface area (Å²) in [7, 11) is 0. The highest BCUT2D eigenvalue weighted by atomic mass is 16.5. The van der Waals surface area contributed by atoms with Crippen LogP contribution in [0.3, 0.4) is 0 Å². The van der Waals surface area contributed by atoms with Crippen LogP contribution in [0.2, 0.25) is 0 Å². The Hall–Kier alpha value is -2.17. The number of ether oxygens (including phenoxy) is 2. The Labute approximate surface area is 174 Å². The lowest BCUT2D eigenvalue weighted by molar-refractivity contribution is -0.141. The molecule has 1 amide bonds. The standard InChI is InChI=1S/C25H33NO3/c1-20(23-13-7-4-8-14-23)26(21(2)27)24-15-9-10-16-25(24)29-18-17-28-19-22-11-5-3-6-12-22/h3-8,11-14,20,24-25H,9-10,15-19H2,1-2H3/t20-,24+,25+/m0/s1. The van der Waals surface area contributed by atoms with E-state index in [4.69, 9.17) is 9.47 Å². The minimum Gasteiger partial charge on any atom is -0.374 e. The van der Waals surface area contributed by atoms with E-state index < -0.39 is 0 Å². The quantitative estimate of drug-likeness (QED) is 0.552. The zero-order chi connectivity index (χ0) is 20.5. The molecule has 3 atom stereocenters. The Balaban J connectivity index is 1.56. The normalized spacial score (nSPS) is 20.2. The van der Waals surface area contributed by atoms with Gasteiger partial charge in [-0.25, -0.2) is 0 Å². The molecule has 0 radical (unpaired) electrons. The second-order valence-electron chi connectivity index (χ2n) is 7.81. The van der Waals surface area contributed by atoms with Gasteiger partial charge in [0.15, 0.2) is 0 Å². The van der Waals surface area contributed by atoms with Gasteiger partial charge >= 0.3 is 0 Å². The highest BCUT2D eigenvalue weighted by Crippen LogP contribution is 2.32. The Morgan fingerprint density at radius 3 is 2.34 bits per heavy atom. The van der Waals surface area contributed by atoms with Gasteiger partial charge in [-0.3, -0.25) is 4.79 Å². The summed E-state index contributed by atoms with van der Waals surface area (Å²) in [6, 6.07) is 20.6. The first-order chi connectivity index (χ1) is 14.2. The fourth-order valence-electron chi connectivity index (χ4n) is 4.30. The molecule has 1 saturated carbocycles. The molecule has 0 unspecified atom stereocenters. The first-order valence-electron chi connectivity index (χ1n) is 10.7. The van der Waals surface area contributed by atoms with E-state index in [9.17, 15) is 4.79 Å². The molecule has 1 aliphatic carbocycles. The van der Waals surface area contributed by atoms with E-state index in [0.29, 0.717) is 19.8 Å². The van der Waals surface area contributed by atoms with E-state index in [0.717, 1.165) is 25.7 Å².